The lowest BCUT2D eigenvalue weighted by Gasteiger charge is -2.12. The second kappa shape index (κ2) is 7.69. The first-order valence-corrected chi connectivity index (χ1v) is 7.24. The number of hydrogen-bond donors (Lipinski definition) is 2. The van der Waals surface area contributed by atoms with Gasteiger partial charge in [0.25, 0.3) is 0 Å². The van der Waals surface area contributed by atoms with Crippen LogP contribution in [0.1, 0.15) is 18.9 Å². The Hall–Kier alpha value is -2.01. The maximum Gasteiger partial charge on any atom is 0.224 e. The van der Waals surface area contributed by atoms with Crippen LogP contribution in [0.15, 0.2) is 30.5 Å². The Bertz CT molecular complexity index is 592. The molecule has 0 unspecified atom stereocenters. The third-order valence-electron chi connectivity index (χ3n) is 2.92. The fourth-order valence-corrected chi connectivity index (χ4v) is 2.00. The summed E-state index contributed by atoms with van der Waals surface area (Å²) < 4.78 is 5.32. The van der Waals surface area contributed by atoms with Gasteiger partial charge in [0.15, 0.2) is 5.82 Å². The van der Waals surface area contributed by atoms with Crippen molar-refractivity contribution in [3.05, 3.63) is 41.0 Å². The number of hydrogen-bond acceptors (Lipinski definition) is 5. The van der Waals surface area contributed by atoms with Crippen LogP contribution >= 0.6 is 11.6 Å². The summed E-state index contributed by atoms with van der Waals surface area (Å²) in [6.07, 6.45) is 2.60. The number of nitrogens with one attached hydrogen (secondary N) is 2. The summed E-state index contributed by atoms with van der Waals surface area (Å²) in [5.74, 6) is 2.01. The van der Waals surface area contributed by atoms with Gasteiger partial charge < -0.3 is 15.4 Å². The van der Waals surface area contributed by atoms with E-state index in [-0.39, 0.29) is 0 Å². The minimum absolute atomic E-state index is 0.493. The molecule has 0 aliphatic heterocycles. The van der Waals surface area contributed by atoms with Crippen molar-refractivity contribution in [2.75, 3.05) is 24.3 Å². The van der Waals surface area contributed by atoms with E-state index in [1.807, 2.05) is 24.3 Å². The molecular formula is C15H19ClN4O. The number of halogens is 1. The summed E-state index contributed by atoms with van der Waals surface area (Å²) in [6, 6.07) is 7.83. The molecule has 0 aliphatic carbocycles. The molecule has 112 valence electrons. The summed E-state index contributed by atoms with van der Waals surface area (Å²) >= 11 is 6.12. The van der Waals surface area contributed by atoms with E-state index in [0.717, 1.165) is 24.3 Å². The molecule has 1 aromatic heterocycles. The average Bonchev–Trinajstić information content (AvgIpc) is 2.53. The summed E-state index contributed by atoms with van der Waals surface area (Å²) in [4.78, 5) is 8.52. The lowest BCUT2D eigenvalue weighted by atomic mass is 10.2. The van der Waals surface area contributed by atoms with Gasteiger partial charge in [-0.15, -0.1) is 0 Å². The van der Waals surface area contributed by atoms with Gasteiger partial charge in [-0.3, -0.25) is 0 Å². The summed E-state index contributed by atoms with van der Waals surface area (Å²) in [7, 11) is 1.66. The van der Waals surface area contributed by atoms with Crippen molar-refractivity contribution in [2.24, 2.45) is 0 Å². The van der Waals surface area contributed by atoms with Crippen LogP contribution in [-0.2, 0) is 6.54 Å². The maximum atomic E-state index is 6.12. The first-order valence-electron chi connectivity index (χ1n) is 6.86. The molecule has 0 saturated carbocycles. The van der Waals surface area contributed by atoms with Crippen LogP contribution in [0, 0.1) is 0 Å². The molecule has 6 heteroatoms. The molecular weight excluding hydrogens is 288 g/mol. The summed E-state index contributed by atoms with van der Waals surface area (Å²) in [5.41, 5.74) is 1.04. The molecule has 1 aromatic carbocycles. The predicted molar refractivity (Wildman–Crippen MR) is 86.1 cm³/mol. The van der Waals surface area contributed by atoms with Crippen LogP contribution in [0.25, 0.3) is 0 Å². The molecule has 0 fully saturated rings. The molecule has 0 bridgehead atoms. The molecule has 21 heavy (non-hydrogen) atoms. The van der Waals surface area contributed by atoms with E-state index in [1.54, 1.807) is 13.3 Å². The molecule has 0 saturated heterocycles. The molecule has 0 aliphatic rings. The molecule has 0 spiro atoms. The molecule has 0 amide bonds. The molecule has 0 atom stereocenters. The lowest BCUT2D eigenvalue weighted by molar-refractivity contribution is 0.410. The minimum Gasteiger partial charge on any atom is -0.496 e. The molecule has 0 radical (unpaired) electrons. The Balaban J connectivity index is 2.08. The zero-order valence-electron chi connectivity index (χ0n) is 12.2. The zero-order valence-corrected chi connectivity index (χ0v) is 12.9. The zero-order chi connectivity index (χ0) is 15.1. The minimum atomic E-state index is 0.493. The van der Waals surface area contributed by atoms with Gasteiger partial charge in [-0.2, -0.15) is 4.98 Å². The quantitative estimate of drug-likeness (QED) is 0.819. The predicted octanol–water partition coefficient (Wildman–Crippen LogP) is 3.57. The van der Waals surface area contributed by atoms with E-state index in [0.29, 0.717) is 23.3 Å². The lowest BCUT2D eigenvalue weighted by Crippen LogP contribution is -2.08. The van der Waals surface area contributed by atoms with E-state index in [2.05, 4.69) is 27.5 Å². The number of nitrogens with zero attached hydrogens (tertiary/aromatic N) is 2. The van der Waals surface area contributed by atoms with E-state index in [1.165, 1.54) is 0 Å². The van der Waals surface area contributed by atoms with Gasteiger partial charge in [0.2, 0.25) is 5.95 Å². The van der Waals surface area contributed by atoms with Crippen molar-refractivity contribution in [1.82, 2.24) is 9.97 Å². The van der Waals surface area contributed by atoms with E-state index in [9.17, 15) is 0 Å². The largest absolute Gasteiger partial charge is 0.496 e. The van der Waals surface area contributed by atoms with Gasteiger partial charge in [-0.05, 0) is 12.5 Å². The molecule has 5 nitrogen and oxygen atoms in total. The number of rotatable bonds is 7. The fourth-order valence-electron chi connectivity index (χ4n) is 1.84. The van der Waals surface area contributed by atoms with Crippen molar-refractivity contribution in [1.29, 1.82) is 0 Å². The second-order valence-electron chi connectivity index (χ2n) is 4.48. The Kier molecular flexibility index (Phi) is 5.63. The van der Waals surface area contributed by atoms with Gasteiger partial charge in [0.1, 0.15) is 10.8 Å². The van der Waals surface area contributed by atoms with Crippen molar-refractivity contribution < 1.29 is 4.74 Å². The van der Waals surface area contributed by atoms with Crippen LogP contribution in [-0.4, -0.2) is 23.6 Å². The Morgan fingerprint density at radius 1 is 1.24 bits per heavy atom. The molecule has 2 N–H and O–H groups in total. The van der Waals surface area contributed by atoms with Crippen molar-refractivity contribution in [3.8, 4) is 5.75 Å². The van der Waals surface area contributed by atoms with Crippen molar-refractivity contribution in [2.45, 2.75) is 19.9 Å². The molecule has 2 rings (SSSR count). The highest BCUT2D eigenvalue weighted by molar-refractivity contribution is 6.32. The van der Waals surface area contributed by atoms with Crippen molar-refractivity contribution in [3.63, 3.8) is 0 Å². The van der Waals surface area contributed by atoms with Gasteiger partial charge in [-0.25, -0.2) is 4.98 Å². The normalized spacial score (nSPS) is 10.2. The summed E-state index contributed by atoms with van der Waals surface area (Å²) in [5, 5.41) is 6.85. The monoisotopic (exact) mass is 306 g/mol. The van der Waals surface area contributed by atoms with Crippen LogP contribution in [0.5, 0.6) is 5.75 Å². The van der Waals surface area contributed by atoms with Crippen molar-refractivity contribution >= 4 is 23.4 Å². The maximum absolute atomic E-state index is 6.12. The number of aromatic nitrogens is 2. The number of para-hydroxylation sites is 1. The Morgan fingerprint density at radius 3 is 2.81 bits per heavy atom. The van der Waals surface area contributed by atoms with Crippen LogP contribution in [0.2, 0.25) is 5.02 Å². The number of benzene rings is 1. The average molecular weight is 307 g/mol. The first kappa shape index (κ1) is 15.4. The highest BCUT2D eigenvalue weighted by Gasteiger charge is 2.07. The fraction of sp³-hybridized carbons (Fsp3) is 0.333. The van der Waals surface area contributed by atoms with Crippen LogP contribution < -0.4 is 15.4 Å². The van der Waals surface area contributed by atoms with Gasteiger partial charge >= 0.3 is 0 Å². The summed E-state index contributed by atoms with van der Waals surface area (Å²) in [6.45, 7) is 3.49. The standard InChI is InChI=1S/C15H19ClN4O/c1-3-8-17-15-19-10-12(16)14(20-15)18-9-11-6-4-5-7-13(11)21-2/h4-7,10H,3,8-9H2,1-2H3,(H2,17,18,19,20). The number of ether oxygens (including phenoxy) is 1. The second-order valence-corrected chi connectivity index (χ2v) is 4.89. The topological polar surface area (TPSA) is 59.1 Å². The Labute approximate surface area is 129 Å². The van der Waals surface area contributed by atoms with Gasteiger partial charge in [0, 0.05) is 18.7 Å². The van der Waals surface area contributed by atoms with E-state index < -0.39 is 0 Å². The van der Waals surface area contributed by atoms with E-state index in [4.69, 9.17) is 16.3 Å². The van der Waals surface area contributed by atoms with Gasteiger partial charge in [-0.1, -0.05) is 36.7 Å². The number of methoxy groups -OCH3 is 1. The van der Waals surface area contributed by atoms with Crippen LogP contribution in [0.4, 0.5) is 11.8 Å². The smallest absolute Gasteiger partial charge is 0.224 e. The van der Waals surface area contributed by atoms with Crippen LogP contribution in [0.3, 0.4) is 0 Å². The highest BCUT2D eigenvalue weighted by atomic mass is 35.5. The third-order valence-corrected chi connectivity index (χ3v) is 3.19. The number of anilines is 2. The van der Waals surface area contributed by atoms with E-state index >= 15 is 0 Å². The molecule has 1 heterocycles. The first-order chi connectivity index (χ1) is 10.2. The Morgan fingerprint density at radius 2 is 2.05 bits per heavy atom. The van der Waals surface area contributed by atoms with Gasteiger partial charge in [0.05, 0.1) is 13.3 Å². The highest BCUT2D eigenvalue weighted by Crippen LogP contribution is 2.22. The SMILES string of the molecule is CCCNc1ncc(Cl)c(NCc2ccccc2OC)n1. The third kappa shape index (κ3) is 4.23. The molecule has 2 aromatic rings.